The molecule has 1 saturated heterocycles. The molecular weight excluding hydrogens is 256 g/mol. The van der Waals surface area contributed by atoms with Crippen molar-refractivity contribution in [3.8, 4) is 5.75 Å². The van der Waals surface area contributed by atoms with Crippen molar-refractivity contribution in [2.24, 2.45) is 4.40 Å². The summed E-state index contributed by atoms with van der Waals surface area (Å²) in [6.45, 7) is 2.40. The Bertz CT molecular complexity index is 591. The molecule has 18 heavy (non-hydrogen) atoms. The van der Waals surface area contributed by atoms with Gasteiger partial charge in [0.15, 0.2) is 11.6 Å². The van der Waals surface area contributed by atoms with Gasteiger partial charge in [0.05, 0.1) is 18.8 Å². The Labute approximate surface area is 105 Å². The van der Waals surface area contributed by atoms with Crippen molar-refractivity contribution in [2.75, 3.05) is 26.3 Å². The lowest BCUT2D eigenvalue weighted by Gasteiger charge is -2.31. The number of morpholine rings is 1. The van der Waals surface area contributed by atoms with E-state index in [9.17, 15) is 8.42 Å². The van der Waals surface area contributed by atoms with Crippen LogP contribution < -0.4 is 4.18 Å². The standard InChI is InChI=1S/C11H12N2O4S/c14-18(15)12-11(13-5-7-16-8-6-13)9-3-1-2-4-10(9)17-18/h1-4H,5-8H2. The summed E-state index contributed by atoms with van der Waals surface area (Å²) in [5, 5.41) is 0. The first kappa shape index (κ1) is 11.5. The average molecular weight is 268 g/mol. The van der Waals surface area contributed by atoms with Crippen LogP contribution in [-0.4, -0.2) is 45.5 Å². The second-order valence-corrected chi connectivity index (χ2v) is 5.23. The van der Waals surface area contributed by atoms with Crippen molar-refractivity contribution in [3.05, 3.63) is 29.8 Å². The van der Waals surface area contributed by atoms with Gasteiger partial charge in [-0.25, -0.2) is 0 Å². The lowest BCUT2D eigenvalue weighted by molar-refractivity contribution is 0.0682. The summed E-state index contributed by atoms with van der Waals surface area (Å²) in [4.78, 5) is 1.91. The smallest absolute Gasteiger partial charge is 0.378 e. The van der Waals surface area contributed by atoms with E-state index in [-0.39, 0.29) is 0 Å². The Kier molecular flexibility index (Phi) is 2.71. The fraction of sp³-hybridized carbons (Fsp3) is 0.364. The summed E-state index contributed by atoms with van der Waals surface area (Å²) in [7, 11) is -3.89. The van der Waals surface area contributed by atoms with Crippen molar-refractivity contribution >= 4 is 16.1 Å². The molecule has 0 aliphatic carbocycles. The van der Waals surface area contributed by atoms with Gasteiger partial charge in [-0.15, -0.1) is 4.40 Å². The lowest BCUT2D eigenvalue weighted by atomic mass is 10.1. The van der Waals surface area contributed by atoms with Gasteiger partial charge in [0.25, 0.3) is 0 Å². The summed E-state index contributed by atoms with van der Waals surface area (Å²) in [6, 6.07) is 6.99. The van der Waals surface area contributed by atoms with Gasteiger partial charge in [-0.2, -0.15) is 8.42 Å². The third-order valence-electron chi connectivity index (χ3n) is 2.83. The Hall–Kier alpha value is -1.60. The first-order chi connectivity index (χ1) is 8.66. The van der Waals surface area contributed by atoms with Crippen LogP contribution in [0.4, 0.5) is 0 Å². The highest BCUT2D eigenvalue weighted by Gasteiger charge is 2.28. The minimum absolute atomic E-state index is 0.328. The number of amidine groups is 1. The van der Waals surface area contributed by atoms with Crippen LogP contribution in [0.5, 0.6) is 5.75 Å². The Morgan fingerprint density at radius 2 is 1.89 bits per heavy atom. The Morgan fingerprint density at radius 3 is 2.67 bits per heavy atom. The van der Waals surface area contributed by atoms with Crippen LogP contribution in [0.15, 0.2) is 28.7 Å². The Morgan fingerprint density at radius 1 is 1.17 bits per heavy atom. The first-order valence-electron chi connectivity index (χ1n) is 5.62. The molecule has 6 nitrogen and oxygen atoms in total. The zero-order valence-corrected chi connectivity index (χ0v) is 10.4. The van der Waals surface area contributed by atoms with Crippen molar-refractivity contribution in [2.45, 2.75) is 0 Å². The third-order valence-corrected chi connectivity index (χ3v) is 3.62. The molecule has 3 rings (SSSR count). The molecule has 0 saturated carbocycles. The number of para-hydroxylation sites is 1. The van der Waals surface area contributed by atoms with E-state index in [0.29, 0.717) is 43.5 Å². The predicted octanol–water partition coefficient (Wildman–Crippen LogP) is 0.403. The molecule has 0 atom stereocenters. The number of fused-ring (bicyclic) bond motifs is 1. The van der Waals surface area contributed by atoms with Gasteiger partial charge < -0.3 is 13.8 Å². The average Bonchev–Trinajstić information content (AvgIpc) is 2.38. The minimum atomic E-state index is -3.89. The highest BCUT2D eigenvalue weighted by Crippen LogP contribution is 2.27. The molecule has 0 aromatic heterocycles. The molecule has 0 N–H and O–H groups in total. The summed E-state index contributed by atoms with van der Waals surface area (Å²) in [6.07, 6.45) is 0. The fourth-order valence-corrected chi connectivity index (χ4v) is 2.85. The van der Waals surface area contributed by atoms with Crippen LogP contribution in [0.2, 0.25) is 0 Å². The van der Waals surface area contributed by atoms with Gasteiger partial charge in [-0.05, 0) is 12.1 Å². The third kappa shape index (κ3) is 2.06. The maximum atomic E-state index is 11.6. The van der Waals surface area contributed by atoms with E-state index in [4.69, 9.17) is 8.92 Å². The zero-order valence-electron chi connectivity index (χ0n) is 9.57. The van der Waals surface area contributed by atoms with E-state index in [1.807, 2.05) is 11.0 Å². The number of hydrogen-bond acceptors (Lipinski definition) is 5. The Balaban J connectivity index is 2.07. The molecule has 0 bridgehead atoms. The molecule has 0 unspecified atom stereocenters. The van der Waals surface area contributed by atoms with Gasteiger partial charge in [0.1, 0.15) is 0 Å². The van der Waals surface area contributed by atoms with Crippen LogP contribution in [0, 0.1) is 0 Å². The molecule has 2 heterocycles. The molecular formula is C11H12N2O4S. The number of nitrogens with zero attached hydrogens (tertiary/aromatic N) is 2. The largest absolute Gasteiger partial charge is 0.430 e. The number of rotatable bonds is 0. The van der Waals surface area contributed by atoms with E-state index < -0.39 is 10.3 Å². The number of ether oxygens (including phenoxy) is 1. The van der Waals surface area contributed by atoms with Crippen LogP contribution in [0.1, 0.15) is 5.56 Å². The summed E-state index contributed by atoms with van der Waals surface area (Å²) in [5.41, 5.74) is 0.703. The summed E-state index contributed by atoms with van der Waals surface area (Å²) in [5.74, 6) is 0.772. The molecule has 2 aliphatic heterocycles. The summed E-state index contributed by atoms with van der Waals surface area (Å²) < 4.78 is 37.0. The molecule has 0 amide bonds. The SMILES string of the molecule is O=S1(=O)N=C(N2CCOCC2)c2ccccc2O1. The van der Waals surface area contributed by atoms with Gasteiger partial charge in [-0.1, -0.05) is 12.1 Å². The fourth-order valence-electron chi connectivity index (χ4n) is 2.01. The molecule has 2 aliphatic rings. The first-order valence-corrected chi connectivity index (χ1v) is 6.99. The van der Waals surface area contributed by atoms with Crippen LogP contribution >= 0.6 is 0 Å². The van der Waals surface area contributed by atoms with Gasteiger partial charge >= 0.3 is 10.3 Å². The van der Waals surface area contributed by atoms with E-state index >= 15 is 0 Å². The number of hydrogen-bond donors (Lipinski definition) is 0. The van der Waals surface area contributed by atoms with Crippen LogP contribution in [0.25, 0.3) is 0 Å². The van der Waals surface area contributed by atoms with Crippen molar-refractivity contribution in [3.63, 3.8) is 0 Å². The second-order valence-electron chi connectivity index (χ2n) is 4.02. The van der Waals surface area contributed by atoms with Crippen molar-refractivity contribution in [1.29, 1.82) is 0 Å². The molecule has 1 aromatic rings. The van der Waals surface area contributed by atoms with E-state index in [1.54, 1.807) is 18.2 Å². The van der Waals surface area contributed by atoms with E-state index in [2.05, 4.69) is 4.40 Å². The van der Waals surface area contributed by atoms with Crippen LogP contribution in [0.3, 0.4) is 0 Å². The monoisotopic (exact) mass is 268 g/mol. The molecule has 1 fully saturated rings. The minimum Gasteiger partial charge on any atom is -0.378 e. The van der Waals surface area contributed by atoms with Gasteiger partial charge in [0.2, 0.25) is 0 Å². The van der Waals surface area contributed by atoms with Crippen molar-refractivity contribution < 1.29 is 17.3 Å². The summed E-state index contributed by atoms with van der Waals surface area (Å²) >= 11 is 0. The van der Waals surface area contributed by atoms with Gasteiger partial charge in [-0.3, -0.25) is 0 Å². The number of benzene rings is 1. The lowest BCUT2D eigenvalue weighted by Crippen LogP contribution is -2.42. The predicted molar refractivity (Wildman–Crippen MR) is 64.9 cm³/mol. The van der Waals surface area contributed by atoms with E-state index in [1.165, 1.54) is 0 Å². The normalized spacial score (nSPS) is 21.8. The van der Waals surface area contributed by atoms with Gasteiger partial charge in [0, 0.05) is 13.1 Å². The molecule has 0 radical (unpaired) electrons. The van der Waals surface area contributed by atoms with E-state index in [0.717, 1.165) is 0 Å². The molecule has 7 heteroatoms. The maximum Gasteiger partial charge on any atom is 0.430 e. The van der Waals surface area contributed by atoms with Crippen LogP contribution in [-0.2, 0) is 15.0 Å². The zero-order chi connectivity index (χ0) is 12.6. The maximum absolute atomic E-state index is 11.6. The molecule has 1 aromatic carbocycles. The highest BCUT2D eigenvalue weighted by molar-refractivity contribution is 7.86. The quantitative estimate of drug-likeness (QED) is 0.681. The topological polar surface area (TPSA) is 68.2 Å². The van der Waals surface area contributed by atoms with Crippen molar-refractivity contribution in [1.82, 2.24) is 4.90 Å². The highest BCUT2D eigenvalue weighted by atomic mass is 32.2. The second kappa shape index (κ2) is 4.25. The molecule has 0 spiro atoms. The molecule has 96 valence electrons.